The topological polar surface area (TPSA) is 51.3 Å². The fourth-order valence-electron chi connectivity index (χ4n) is 3.04. The Morgan fingerprint density at radius 1 is 1.33 bits per heavy atom. The summed E-state index contributed by atoms with van der Waals surface area (Å²) in [6, 6.07) is 3.91. The largest absolute Gasteiger partial charge is 0.466 e. The van der Waals surface area contributed by atoms with E-state index in [1.807, 2.05) is 42.7 Å². The molecule has 0 aromatic carbocycles. The van der Waals surface area contributed by atoms with Gasteiger partial charge < -0.3 is 9.32 Å². The van der Waals surface area contributed by atoms with Crippen LogP contribution in [-0.4, -0.2) is 33.7 Å². The van der Waals surface area contributed by atoms with E-state index in [0.29, 0.717) is 17.2 Å². The number of carbonyl (C=O) groups excluding carboxylic acids is 1. The number of rotatable bonds is 2. The highest BCUT2D eigenvalue weighted by molar-refractivity contribution is 5.95. The molecule has 0 radical (unpaired) electrons. The van der Waals surface area contributed by atoms with Crippen LogP contribution < -0.4 is 0 Å². The van der Waals surface area contributed by atoms with Crippen molar-refractivity contribution in [3.8, 4) is 0 Å². The van der Waals surface area contributed by atoms with Crippen molar-refractivity contribution in [3.63, 3.8) is 0 Å². The lowest BCUT2D eigenvalue weighted by molar-refractivity contribution is 0.0710. The van der Waals surface area contributed by atoms with Gasteiger partial charge in [0.1, 0.15) is 11.5 Å². The minimum atomic E-state index is 0.0869. The maximum absolute atomic E-state index is 12.5. The zero-order valence-electron chi connectivity index (χ0n) is 12.8. The molecule has 112 valence electrons. The lowest BCUT2D eigenvalue weighted by Gasteiger charge is -2.31. The third kappa shape index (κ3) is 2.73. The van der Waals surface area contributed by atoms with Gasteiger partial charge in [0, 0.05) is 32.3 Å². The minimum absolute atomic E-state index is 0.0869. The van der Waals surface area contributed by atoms with E-state index in [1.165, 1.54) is 0 Å². The molecule has 3 rings (SSSR count). The molecule has 3 heterocycles. The van der Waals surface area contributed by atoms with Crippen LogP contribution in [0.4, 0.5) is 0 Å². The van der Waals surface area contributed by atoms with Crippen LogP contribution in [0.1, 0.15) is 46.3 Å². The Bertz CT molecular complexity index is 648. The first-order chi connectivity index (χ1) is 10.0. The second-order valence-electron chi connectivity index (χ2n) is 5.81. The number of nitrogens with zero attached hydrogens (tertiary/aromatic N) is 3. The Labute approximate surface area is 124 Å². The van der Waals surface area contributed by atoms with Gasteiger partial charge in [-0.1, -0.05) is 0 Å². The Morgan fingerprint density at radius 2 is 2.05 bits per heavy atom. The Hall–Kier alpha value is -2.04. The summed E-state index contributed by atoms with van der Waals surface area (Å²) >= 11 is 0. The molecule has 21 heavy (non-hydrogen) atoms. The summed E-state index contributed by atoms with van der Waals surface area (Å²) in [6.07, 6.45) is 3.92. The average Bonchev–Trinajstić information content (AvgIpc) is 3.04. The zero-order chi connectivity index (χ0) is 15.0. The molecule has 1 aliphatic rings. The Kier molecular flexibility index (Phi) is 3.57. The van der Waals surface area contributed by atoms with Crippen LogP contribution in [-0.2, 0) is 7.05 Å². The molecule has 0 aliphatic carbocycles. The summed E-state index contributed by atoms with van der Waals surface area (Å²) in [6.45, 7) is 5.28. The minimum Gasteiger partial charge on any atom is -0.466 e. The molecule has 2 aromatic rings. The van der Waals surface area contributed by atoms with E-state index in [0.717, 1.165) is 37.4 Å². The molecule has 5 nitrogen and oxygen atoms in total. The van der Waals surface area contributed by atoms with Crippen molar-refractivity contribution >= 4 is 5.91 Å². The smallest absolute Gasteiger partial charge is 0.257 e. The SMILES string of the molecule is Cc1cc(C(=O)N2CCC(c3ccn(C)n3)CC2)c(C)o1. The monoisotopic (exact) mass is 287 g/mol. The summed E-state index contributed by atoms with van der Waals surface area (Å²) in [5.41, 5.74) is 1.84. The summed E-state index contributed by atoms with van der Waals surface area (Å²) in [5, 5.41) is 4.48. The number of aromatic nitrogens is 2. The summed E-state index contributed by atoms with van der Waals surface area (Å²) in [7, 11) is 1.94. The predicted molar refractivity (Wildman–Crippen MR) is 79.3 cm³/mol. The lowest BCUT2D eigenvalue weighted by atomic mass is 9.93. The fourth-order valence-corrected chi connectivity index (χ4v) is 3.04. The molecule has 0 unspecified atom stereocenters. The van der Waals surface area contributed by atoms with Crippen molar-refractivity contribution in [1.29, 1.82) is 0 Å². The van der Waals surface area contributed by atoms with Crippen molar-refractivity contribution in [3.05, 3.63) is 41.1 Å². The van der Waals surface area contributed by atoms with Gasteiger partial charge in [-0.2, -0.15) is 5.10 Å². The molecule has 1 fully saturated rings. The maximum Gasteiger partial charge on any atom is 0.257 e. The molecule has 1 aliphatic heterocycles. The molecular weight excluding hydrogens is 266 g/mol. The number of likely N-dealkylation sites (tertiary alicyclic amines) is 1. The second-order valence-corrected chi connectivity index (χ2v) is 5.81. The maximum atomic E-state index is 12.5. The number of carbonyl (C=O) groups is 1. The van der Waals surface area contributed by atoms with Gasteiger partial charge in [0.15, 0.2) is 0 Å². The fraction of sp³-hybridized carbons (Fsp3) is 0.500. The van der Waals surface area contributed by atoms with Gasteiger partial charge in [0.2, 0.25) is 0 Å². The standard InChI is InChI=1S/C16H21N3O2/c1-11-10-14(12(2)21-11)16(20)19-8-4-13(5-9-19)15-6-7-18(3)17-15/h6-7,10,13H,4-5,8-9H2,1-3H3. The quantitative estimate of drug-likeness (QED) is 0.853. The van der Waals surface area contributed by atoms with Crippen LogP contribution in [0.15, 0.2) is 22.7 Å². The molecule has 5 heteroatoms. The normalized spacial score (nSPS) is 16.4. The van der Waals surface area contributed by atoms with Crippen molar-refractivity contribution < 1.29 is 9.21 Å². The number of amides is 1. The number of furan rings is 1. The summed E-state index contributed by atoms with van der Waals surface area (Å²) in [5.74, 6) is 2.05. The highest BCUT2D eigenvalue weighted by Crippen LogP contribution is 2.28. The molecule has 0 saturated carbocycles. The van der Waals surface area contributed by atoms with Gasteiger partial charge in [-0.25, -0.2) is 0 Å². The third-order valence-corrected chi connectivity index (χ3v) is 4.21. The molecule has 0 N–H and O–H groups in total. The molecular formula is C16H21N3O2. The van der Waals surface area contributed by atoms with E-state index in [2.05, 4.69) is 11.2 Å². The molecule has 1 saturated heterocycles. The van der Waals surface area contributed by atoms with Gasteiger partial charge in [-0.05, 0) is 38.8 Å². The third-order valence-electron chi connectivity index (χ3n) is 4.21. The van der Waals surface area contributed by atoms with Crippen molar-refractivity contribution in [1.82, 2.24) is 14.7 Å². The van der Waals surface area contributed by atoms with Gasteiger partial charge in [0.05, 0.1) is 11.3 Å². The van der Waals surface area contributed by atoms with Crippen LogP contribution in [0.5, 0.6) is 0 Å². The number of hydrogen-bond donors (Lipinski definition) is 0. The zero-order valence-corrected chi connectivity index (χ0v) is 12.8. The first-order valence-electron chi connectivity index (χ1n) is 7.40. The van der Waals surface area contributed by atoms with Gasteiger partial charge in [-0.3, -0.25) is 9.48 Å². The van der Waals surface area contributed by atoms with Crippen LogP contribution in [0, 0.1) is 13.8 Å². The summed E-state index contributed by atoms with van der Waals surface area (Å²) < 4.78 is 7.30. The van der Waals surface area contributed by atoms with E-state index in [4.69, 9.17) is 4.42 Å². The summed E-state index contributed by atoms with van der Waals surface area (Å²) in [4.78, 5) is 14.5. The van der Waals surface area contributed by atoms with E-state index in [9.17, 15) is 4.79 Å². The van der Waals surface area contributed by atoms with Crippen molar-refractivity contribution in [2.75, 3.05) is 13.1 Å². The van der Waals surface area contributed by atoms with E-state index in [-0.39, 0.29) is 5.91 Å². The van der Waals surface area contributed by atoms with E-state index in [1.54, 1.807) is 0 Å². The van der Waals surface area contributed by atoms with Gasteiger partial charge in [0.25, 0.3) is 5.91 Å². The molecule has 0 atom stereocenters. The Morgan fingerprint density at radius 3 is 2.57 bits per heavy atom. The molecule has 0 bridgehead atoms. The van der Waals surface area contributed by atoms with Crippen LogP contribution in [0.2, 0.25) is 0 Å². The predicted octanol–water partition coefficient (Wildman–Crippen LogP) is 2.65. The second kappa shape index (κ2) is 5.39. The molecule has 2 aromatic heterocycles. The molecule has 0 spiro atoms. The number of piperidine rings is 1. The van der Waals surface area contributed by atoms with Crippen molar-refractivity contribution in [2.24, 2.45) is 7.05 Å². The lowest BCUT2D eigenvalue weighted by Crippen LogP contribution is -2.38. The first-order valence-corrected chi connectivity index (χ1v) is 7.40. The van der Waals surface area contributed by atoms with Crippen LogP contribution in [0.25, 0.3) is 0 Å². The van der Waals surface area contributed by atoms with Crippen LogP contribution >= 0.6 is 0 Å². The highest BCUT2D eigenvalue weighted by atomic mass is 16.3. The van der Waals surface area contributed by atoms with Gasteiger partial charge in [-0.15, -0.1) is 0 Å². The average molecular weight is 287 g/mol. The highest BCUT2D eigenvalue weighted by Gasteiger charge is 2.27. The number of hydrogen-bond acceptors (Lipinski definition) is 3. The molecule has 1 amide bonds. The van der Waals surface area contributed by atoms with Gasteiger partial charge >= 0.3 is 0 Å². The van der Waals surface area contributed by atoms with Crippen LogP contribution in [0.3, 0.4) is 0 Å². The van der Waals surface area contributed by atoms with E-state index < -0.39 is 0 Å². The number of aryl methyl sites for hydroxylation is 3. The Balaban J connectivity index is 1.65. The van der Waals surface area contributed by atoms with Crippen molar-refractivity contribution in [2.45, 2.75) is 32.6 Å². The first kappa shape index (κ1) is 13.9. The van der Waals surface area contributed by atoms with E-state index >= 15 is 0 Å².